The van der Waals surface area contributed by atoms with Crippen LogP contribution in [-0.4, -0.2) is 49.8 Å². The van der Waals surface area contributed by atoms with Gasteiger partial charge in [-0.25, -0.2) is 31.5 Å². The van der Waals surface area contributed by atoms with E-state index in [4.69, 9.17) is 14.2 Å². The molecule has 15 heteroatoms. The third-order valence-electron chi connectivity index (χ3n) is 8.95. The monoisotopic (exact) mass is 638 g/mol. The topological polar surface area (TPSA) is 124 Å². The van der Waals surface area contributed by atoms with E-state index in [-0.39, 0.29) is 92.5 Å². The summed E-state index contributed by atoms with van der Waals surface area (Å²) in [6.07, 6.45) is 3.67. The van der Waals surface area contributed by atoms with Crippen molar-refractivity contribution in [1.82, 2.24) is 30.4 Å². The third-order valence-corrected chi connectivity index (χ3v) is 8.95. The first-order chi connectivity index (χ1) is 21.4. The average molecular weight is 639 g/mol. The summed E-state index contributed by atoms with van der Waals surface area (Å²) in [5, 5.41) is 14.1. The minimum absolute atomic E-state index is 0.0274. The maximum Gasteiger partial charge on any atom is 0.257 e. The van der Waals surface area contributed by atoms with Gasteiger partial charge in [0.05, 0.1) is 36.8 Å². The lowest BCUT2D eigenvalue weighted by molar-refractivity contribution is -0.134. The fraction of sp³-hybridized carbons (Fsp3) is 0.633. The smallest absolute Gasteiger partial charge is 0.257 e. The van der Waals surface area contributed by atoms with Gasteiger partial charge < -0.3 is 19.9 Å². The van der Waals surface area contributed by atoms with Crippen LogP contribution in [0.15, 0.2) is 29.2 Å². The highest BCUT2D eigenvalue weighted by molar-refractivity contribution is 5.95. The van der Waals surface area contributed by atoms with Gasteiger partial charge in [-0.2, -0.15) is 5.10 Å². The number of nitrogens with zero attached hydrogens (tertiary/aromatic N) is 4. The Hall–Kier alpha value is -3.62. The van der Waals surface area contributed by atoms with Crippen LogP contribution in [0.5, 0.6) is 0 Å². The van der Waals surface area contributed by atoms with Crippen LogP contribution in [-0.2, 0) is 16.1 Å². The Kier molecular flexibility index (Phi) is 8.57. The number of ether oxygens (including phenoxy) is 1. The molecule has 3 aliphatic rings. The lowest BCUT2D eigenvalue weighted by Gasteiger charge is -2.34. The van der Waals surface area contributed by atoms with Crippen molar-refractivity contribution in [3.05, 3.63) is 47.2 Å². The molecule has 244 valence electrons. The van der Waals surface area contributed by atoms with E-state index in [1.807, 2.05) is 0 Å². The van der Waals surface area contributed by atoms with E-state index in [0.717, 1.165) is 19.1 Å². The molecule has 3 heterocycles. The number of amides is 2. The molecule has 3 saturated carbocycles. The number of halogens is 5. The van der Waals surface area contributed by atoms with Crippen molar-refractivity contribution in [2.24, 2.45) is 17.8 Å². The van der Waals surface area contributed by atoms with Gasteiger partial charge in [-0.05, 0) is 62.0 Å². The second kappa shape index (κ2) is 12.3. The number of alkyl halides is 5. The lowest BCUT2D eigenvalue weighted by Crippen LogP contribution is -2.39. The van der Waals surface area contributed by atoms with Crippen LogP contribution in [0, 0.1) is 17.8 Å². The predicted molar refractivity (Wildman–Crippen MR) is 148 cm³/mol. The highest BCUT2D eigenvalue weighted by Gasteiger charge is 2.46. The number of nitrogens with one attached hydrogen (secondary N) is 2. The Balaban J connectivity index is 1.22. The Bertz CT molecular complexity index is 1520. The number of hydrogen-bond acceptors (Lipinski definition) is 7. The maximum atomic E-state index is 14.1. The van der Waals surface area contributed by atoms with Gasteiger partial charge in [-0.3, -0.25) is 9.59 Å². The first-order valence-electron chi connectivity index (χ1n) is 15.3. The van der Waals surface area contributed by atoms with Crippen molar-refractivity contribution < 1.29 is 40.8 Å². The van der Waals surface area contributed by atoms with Gasteiger partial charge in [-0.1, -0.05) is 5.16 Å². The normalized spacial score (nSPS) is 22.0. The molecule has 0 radical (unpaired) electrons. The zero-order chi connectivity index (χ0) is 31.9. The van der Waals surface area contributed by atoms with Gasteiger partial charge in [0, 0.05) is 32.1 Å². The van der Waals surface area contributed by atoms with Crippen molar-refractivity contribution in [2.45, 2.75) is 102 Å². The van der Waals surface area contributed by atoms with Crippen molar-refractivity contribution in [3.8, 4) is 0 Å². The van der Waals surface area contributed by atoms with Crippen LogP contribution in [0.1, 0.15) is 104 Å². The second-order valence-corrected chi connectivity index (χ2v) is 12.6. The van der Waals surface area contributed by atoms with E-state index in [1.165, 1.54) is 11.4 Å². The molecule has 3 aliphatic carbocycles. The molecular formula is C30H35F5N6O4. The van der Waals surface area contributed by atoms with E-state index in [9.17, 15) is 31.5 Å². The largest absolute Gasteiger partial charge is 0.364 e. The number of rotatable bonds is 12. The summed E-state index contributed by atoms with van der Waals surface area (Å²) in [6.45, 7) is 0.890. The highest BCUT2D eigenvalue weighted by atomic mass is 19.3. The summed E-state index contributed by atoms with van der Waals surface area (Å²) in [5.41, 5.74) is 1.67. The first-order valence-corrected chi connectivity index (χ1v) is 15.3. The summed E-state index contributed by atoms with van der Waals surface area (Å²) in [6, 6.07) is 0.661. The number of imidazole rings is 1. The van der Waals surface area contributed by atoms with Gasteiger partial charge in [0.1, 0.15) is 17.5 Å². The SMILES string of the molecule is CC(F)OCc1nocc1C(=O)N[C@H](c1cn2ncc([C@H](NC(=O)CC3CC(F)(F)C3)C3CC3)cc2n1)C1CCC(F)(F)CC1. The highest BCUT2D eigenvalue weighted by Crippen LogP contribution is 2.45. The molecule has 0 aliphatic heterocycles. The standard InChI is InChI=1S/C30H35F5N6O4/c1-16(31)44-15-23-21(14-45-40-23)28(43)39-27(19-4-6-29(32,33)7-5-19)22-13-41-24(37-22)9-20(12-36-41)26(18-2-3-18)38-25(42)8-17-10-30(34,35)11-17/h9,12-14,16-19,26-27H,2-8,10-11,15H2,1H3,(H,38,42)(H,39,43)/t16?,26-,27+/m1/s1. The van der Waals surface area contributed by atoms with Crippen LogP contribution < -0.4 is 10.6 Å². The number of fused-ring (bicyclic) bond motifs is 1. The van der Waals surface area contributed by atoms with E-state index in [0.29, 0.717) is 16.9 Å². The Labute approximate surface area is 255 Å². The van der Waals surface area contributed by atoms with Gasteiger partial charge in [0.2, 0.25) is 17.8 Å². The molecule has 45 heavy (non-hydrogen) atoms. The number of carbonyl (C=O) groups excluding carboxylic acids is 2. The van der Waals surface area contributed by atoms with Crippen molar-refractivity contribution in [1.29, 1.82) is 0 Å². The van der Waals surface area contributed by atoms with Crippen molar-refractivity contribution in [2.75, 3.05) is 0 Å². The van der Waals surface area contributed by atoms with Crippen LogP contribution in [0.25, 0.3) is 5.65 Å². The molecule has 10 nitrogen and oxygen atoms in total. The molecular weight excluding hydrogens is 603 g/mol. The van der Waals surface area contributed by atoms with E-state index in [2.05, 4.69) is 20.9 Å². The quantitative estimate of drug-likeness (QED) is 0.239. The number of carbonyl (C=O) groups is 2. The average Bonchev–Trinajstić information content (AvgIpc) is 3.53. The van der Waals surface area contributed by atoms with Gasteiger partial charge in [0.25, 0.3) is 5.91 Å². The fourth-order valence-electron chi connectivity index (χ4n) is 6.35. The summed E-state index contributed by atoms with van der Waals surface area (Å²) in [4.78, 5) is 30.8. The molecule has 0 aromatic carbocycles. The summed E-state index contributed by atoms with van der Waals surface area (Å²) >= 11 is 0. The minimum atomic E-state index is -2.79. The van der Waals surface area contributed by atoms with Gasteiger partial charge in [0.15, 0.2) is 12.0 Å². The first kappa shape index (κ1) is 31.4. The molecule has 0 bridgehead atoms. The van der Waals surface area contributed by atoms with Crippen molar-refractivity contribution >= 4 is 17.5 Å². The maximum absolute atomic E-state index is 14.1. The Morgan fingerprint density at radius 3 is 2.44 bits per heavy atom. The molecule has 6 rings (SSSR count). The van der Waals surface area contributed by atoms with Crippen LogP contribution in [0.4, 0.5) is 22.0 Å². The fourth-order valence-corrected chi connectivity index (χ4v) is 6.35. The minimum Gasteiger partial charge on any atom is -0.364 e. The molecule has 2 N–H and O–H groups in total. The molecule has 0 saturated heterocycles. The second-order valence-electron chi connectivity index (χ2n) is 12.6. The predicted octanol–water partition coefficient (Wildman–Crippen LogP) is 5.85. The molecule has 0 spiro atoms. The summed E-state index contributed by atoms with van der Waals surface area (Å²) in [5.74, 6) is -6.87. The molecule has 3 fully saturated rings. The number of hydrogen-bond donors (Lipinski definition) is 2. The van der Waals surface area contributed by atoms with Crippen LogP contribution in [0.2, 0.25) is 0 Å². The van der Waals surface area contributed by atoms with Gasteiger partial charge in [-0.15, -0.1) is 0 Å². The number of aromatic nitrogens is 4. The van der Waals surface area contributed by atoms with Crippen molar-refractivity contribution in [3.63, 3.8) is 0 Å². The van der Waals surface area contributed by atoms with Gasteiger partial charge >= 0.3 is 0 Å². The zero-order valence-electron chi connectivity index (χ0n) is 24.7. The van der Waals surface area contributed by atoms with Crippen LogP contribution in [0.3, 0.4) is 0 Å². The molecule has 2 amide bonds. The third kappa shape index (κ3) is 7.45. The molecule has 3 aromatic heterocycles. The Morgan fingerprint density at radius 1 is 1.07 bits per heavy atom. The zero-order valence-corrected chi connectivity index (χ0v) is 24.7. The van der Waals surface area contributed by atoms with Crippen LogP contribution >= 0.6 is 0 Å². The van der Waals surface area contributed by atoms with E-state index < -0.39 is 30.2 Å². The van der Waals surface area contributed by atoms with E-state index >= 15 is 0 Å². The lowest BCUT2D eigenvalue weighted by atomic mass is 9.79. The Morgan fingerprint density at radius 2 is 1.78 bits per heavy atom. The summed E-state index contributed by atoms with van der Waals surface area (Å²) < 4.78 is 79.2. The molecule has 3 atom stereocenters. The molecule has 1 unspecified atom stereocenters. The summed E-state index contributed by atoms with van der Waals surface area (Å²) in [7, 11) is 0. The van der Waals surface area contributed by atoms with E-state index in [1.54, 1.807) is 18.5 Å². The molecule has 3 aromatic rings.